The Kier molecular flexibility index (Phi) is 10.8. The molecule has 1 saturated heterocycles. The van der Waals surface area contributed by atoms with Crippen molar-refractivity contribution in [2.75, 3.05) is 13.7 Å². The Bertz CT molecular complexity index is 2120. The molecule has 11 heteroatoms. The molecule has 1 unspecified atom stereocenters. The Hall–Kier alpha value is -4.16. The smallest absolute Gasteiger partial charge is 0.657 e. The fourth-order valence-electron chi connectivity index (χ4n) is 7.59. The number of hydrogen-bond acceptors (Lipinski definition) is 6. The molecule has 1 aliphatic carbocycles. The van der Waals surface area contributed by atoms with Crippen LogP contribution >= 0.6 is 0 Å². The summed E-state index contributed by atoms with van der Waals surface area (Å²) in [4.78, 5) is 55.3. The molecule has 5 heterocycles. The summed E-state index contributed by atoms with van der Waals surface area (Å²) >= 11 is 0. The van der Waals surface area contributed by atoms with Crippen LogP contribution in [0.2, 0.25) is 0 Å². The molecule has 8 bridgehead atoms. The predicted octanol–water partition coefficient (Wildman–Crippen LogP) is 2.56. The summed E-state index contributed by atoms with van der Waals surface area (Å²) in [5, 5.41) is 15.9. The van der Waals surface area contributed by atoms with Gasteiger partial charge in [0.25, 0.3) is 0 Å². The van der Waals surface area contributed by atoms with Crippen molar-refractivity contribution in [1.82, 2.24) is 15.0 Å². The first kappa shape index (κ1) is 37.1. The van der Waals surface area contributed by atoms with Gasteiger partial charge in [0.2, 0.25) is 0 Å². The number of carbonyl (C=O) groups is 3. The normalized spacial score (nSPS) is 24.6. The Morgan fingerprint density at radius 3 is 2.38 bits per heavy atom. The number of ketones is 1. The maximum atomic E-state index is 14.7. The van der Waals surface area contributed by atoms with Crippen molar-refractivity contribution >= 4 is 70.7 Å². The Balaban J connectivity index is 0.00000486. The second-order valence-electron chi connectivity index (χ2n) is 12.9. The molecule has 50 heavy (non-hydrogen) atoms. The van der Waals surface area contributed by atoms with Gasteiger partial charge in [-0.1, -0.05) is 73.1 Å². The van der Waals surface area contributed by atoms with Crippen molar-refractivity contribution < 1.29 is 28.9 Å². The van der Waals surface area contributed by atoms with E-state index in [1.807, 2.05) is 39.8 Å². The zero-order valence-corrected chi connectivity index (χ0v) is 31.1. The van der Waals surface area contributed by atoms with Gasteiger partial charge in [0.05, 0.1) is 7.11 Å². The summed E-state index contributed by atoms with van der Waals surface area (Å²) in [7, 11) is 1.23. The van der Waals surface area contributed by atoms with Crippen LogP contribution in [0.25, 0.3) is 29.9 Å². The van der Waals surface area contributed by atoms with Crippen molar-refractivity contribution in [1.29, 1.82) is 0 Å². The minimum atomic E-state index is -1.35. The summed E-state index contributed by atoms with van der Waals surface area (Å²) in [6.45, 7) is 15.8. The molecule has 4 atom stereocenters. The average molecular weight is 686 g/mol. The fourth-order valence-corrected chi connectivity index (χ4v) is 7.59. The number of hydrogen-bond donors (Lipinski definition) is 1. The summed E-state index contributed by atoms with van der Waals surface area (Å²) in [5.74, 6) is -3.86. The summed E-state index contributed by atoms with van der Waals surface area (Å²) in [6.07, 6.45) is 11.9. The molecule has 10 nitrogen and oxygen atoms in total. The zero-order valence-electron chi connectivity index (χ0n) is 29.7. The molecule has 0 radical (unpaired) electrons. The third-order valence-electron chi connectivity index (χ3n) is 10.3. The van der Waals surface area contributed by atoms with Crippen molar-refractivity contribution in [2.45, 2.75) is 60.8 Å². The molecule has 3 aromatic heterocycles. The first-order chi connectivity index (χ1) is 23.5. The SMILES string of the molecule is C=Cc1c2[n-]c(c1C)/C=C1/[C@@H](C)[C@H](CCC(=O)OC/C=C/C)/C(=C3/c4[n-]c(c(C)c4C(=O)[C@@H]3C(=O)OC)/C=c3\[n-]/c(c(C)c3CC)=C\2)[NH+]1[O-].[Mg+2]. The van der Waals surface area contributed by atoms with E-state index in [1.165, 1.54) is 7.11 Å². The molecular weight excluding hydrogens is 645 g/mol. The Morgan fingerprint density at radius 2 is 1.72 bits per heavy atom. The molecule has 1 N–H and O–H groups in total. The van der Waals surface area contributed by atoms with E-state index < -0.39 is 29.6 Å². The number of nitrogens with one attached hydrogen (secondary N) is 1. The molecule has 1 fully saturated rings. The van der Waals surface area contributed by atoms with Gasteiger partial charge in [-0.25, -0.2) is 0 Å². The number of esters is 2. The predicted molar refractivity (Wildman–Crippen MR) is 192 cm³/mol. The van der Waals surface area contributed by atoms with Gasteiger partial charge in [0.15, 0.2) is 5.78 Å². The van der Waals surface area contributed by atoms with Crippen LogP contribution < -0.4 is 30.7 Å². The van der Waals surface area contributed by atoms with Crippen molar-refractivity contribution in [2.24, 2.45) is 17.8 Å². The summed E-state index contributed by atoms with van der Waals surface area (Å²) in [6, 6.07) is 0. The summed E-state index contributed by atoms with van der Waals surface area (Å²) < 4.78 is 10.5. The van der Waals surface area contributed by atoms with Crippen molar-refractivity contribution in [3.8, 4) is 0 Å². The maximum Gasteiger partial charge on any atom is 2.00 e. The molecule has 256 valence electrons. The number of methoxy groups -OCH3 is 1. The van der Waals surface area contributed by atoms with Crippen LogP contribution in [0.1, 0.15) is 94.6 Å². The van der Waals surface area contributed by atoms with Crippen molar-refractivity contribution in [3.05, 3.63) is 102 Å². The van der Waals surface area contributed by atoms with E-state index in [2.05, 4.69) is 13.5 Å². The third kappa shape index (κ3) is 5.99. The minimum absolute atomic E-state index is 0. The molecule has 0 spiro atoms. The van der Waals surface area contributed by atoms with Crippen LogP contribution in [0.3, 0.4) is 0 Å². The fraction of sp³-hybridized carbons (Fsp3) is 0.359. The number of rotatable bonds is 8. The number of aromatic nitrogens is 3. The first-order valence-electron chi connectivity index (χ1n) is 16.7. The van der Waals surface area contributed by atoms with Crippen LogP contribution in [-0.4, -0.2) is 54.5 Å². The van der Waals surface area contributed by atoms with E-state index in [1.54, 1.807) is 31.2 Å². The molecule has 6 rings (SSSR count). The molecule has 0 amide bonds. The van der Waals surface area contributed by atoms with Crippen LogP contribution in [0.5, 0.6) is 0 Å². The molecule has 3 aromatic rings. The molecule has 0 saturated carbocycles. The van der Waals surface area contributed by atoms with Gasteiger partial charge in [0, 0.05) is 29.4 Å². The van der Waals surface area contributed by atoms with Gasteiger partial charge in [-0.2, -0.15) is 0 Å². The quantitative estimate of drug-likeness (QED) is 0.125. The van der Waals surface area contributed by atoms with Gasteiger partial charge >= 0.3 is 35.0 Å². The molecular formula is C39H41MgN4O6-. The second-order valence-corrected chi connectivity index (χ2v) is 12.9. The average Bonchev–Trinajstić information content (AvgIpc) is 3.80. The Labute approximate surface area is 307 Å². The topological polar surface area (TPSA) is 139 Å². The Morgan fingerprint density at radius 1 is 1.02 bits per heavy atom. The third-order valence-corrected chi connectivity index (χ3v) is 10.3. The number of carbonyl (C=O) groups excluding carboxylic acids is 3. The molecule has 0 aromatic carbocycles. The number of allylic oxidation sites excluding steroid dienone is 3. The zero-order chi connectivity index (χ0) is 35.3. The van der Waals surface area contributed by atoms with Gasteiger partial charge in [-0.3, -0.25) is 14.4 Å². The monoisotopic (exact) mass is 685 g/mol. The molecule has 2 aliphatic heterocycles. The number of ether oxygens (including phenoxy) is 2. The maximum absolute atomic E-state index is 14.7. The number of nitrogens with zero attached hydrogens (tertiary/aromatic N) is 3. The van der Waals surface area contributed by atoms with E-state index in [0.717, 1.165) is 39.4 Å². The van der Waals surface area contributed by atoms with E-state index in [-0.39, 0.29) is 59.1 Å². The number of Topliss-reactive ketones (excluding diaryl/α,β-unsaturated/α-hetero) is 1. The van der Waals surface area contributed by atoms with E-state index >= 15 is 0 Å². The van der Waals surface area contributed by atoms with Gasteiger partial charge in [-0.15, -0.1) is 33.5 Å². The number of quaternary nitrogens is 1. The number of fused-ring (bicyclic) bond motifs is 7. The largest absolute Gasteiger partial charge is 2.00 e. The van der Waals surface area contributed by atoms with Crippen LogP contribution in [0.15, 0.2) is 30.1 Å². The summed E-state index contributed by atoms with van der Waals surface area (Å²) in [5.41, 5.74) is 7.86. The van der Waals surface area contributed by atoms with Crippen LogP contribution in [0.4, 0.5) is 0 Å². The first-order valence-corrected chi connectivity index (χ1v) is 16.7. The van der Waals surface area contributed by atoms with Gasteiger partial charge < -0.3 is 34.7 Å². The van der Waals surface area contributed by atoms with Gasteiger partial charge in [-0.05, 0) is 52.2 Å². The second kappa shape index (κ2) is 14.6. The van der Waals surface area contributed by atoms with Gasteiger partial charge in [0.1, 0.15) is 23.9 Å². The van der Waals surface area contributed by atoms with E-state index in [9.17, 15) is 19.6 Å². The van der Waals surface area contributed by atoms with Crippen molar-refractivity contribution in [3.63, 3.8) is 0 Å². The number of hydroxylamine groups is 2. The van der Waals surface area contributed by atoms with Crippen LogP contribution in [0, 0.1) is 43.7 Å². The standard InChI is InChI=1S/C39H42N4O6.Mg/c1-9-12-15-49-32(44)14-13-25-21(6)31-18-28-20(5)24(11-3)29(41-28)16-26-19(4)23(10-2)30(40-26)17-27-22(7)33-36(42-27)34(37(25)43(31)47)35(38(33)45)39(46)48-8;/h9,11-12,16-18,21,25,35,43H,3,10,13-15H2,1-2,4-8H3,(H,42,45);/q-2;+2/p-1/b12-9+,26-16-,30-17-,31-18-,37-34-;/t21-,25-,35+;/m0./s1. The minimum Gasteiger partial charge on any atom is -0.657 e. The van der Waals surface area contributed by atoms with Crippen LogP contribution in [-0.2, 0) is 25.5 Å². The van der Waals surface area contributed by atoms with E-state index in [4.69, 9.17) is 24.4 Å². The molecule has 3 aliphatic rings. The van der Waals surface area contributed by atoms with E-state index in [0.29, 0.717) is 45.3 Å².